The number of carbonyl (C=O) groups excluding carboxylic acids is 2. The molecule has 2 aliphatic heterocycles. The minimum Gasteiger partial charge on any atom is -0.493 e. The number of piperazine rings is 1. The Balaban J connectivity index is 1.70. The van der Waals surface area contributed by atoms with E-state index in [1.165, 1.54) is 26.2 Å². The molecule has 0 bridgehead atoms. The van der Waals surface area contributed by atoms with E-state index >= 15 is 0 Å². The van der Waals surface area contributed by atoms with Crippen molar-refractivity contribution in [3.05, 3.63) is 53.6 Å². The fourth-order valence-electron chi connectivity index (χ4n) is 4.45. The van der Waals surface area contributed by atoms with E-state index in [-0.39, 0.29) is 13.0 Å². The van der Waals surface area contributed by atoms with Crippen molar-refractivity contribution >= 4 is 11.8 Å². The van der Waals surface area contributed by atoms with E-state index in [4.69, 9.17) is 19.0 Å². The van der Waals surface area contributed by atoms with Crippen molar-refractivity contribution < 1.29 is 33.7 Å². The highest BCUT2D eigenvalue weighted by molar-refractivity contribution is 5.98. The third kappa shape index (κ3) is 4.09. The maximum atomic E-state index is 13.4. The number of fused-ring (bicyclic) bond motifs is 1. The molecule has 2 saturated heterocycles. The van der Waals surface area contributed by atoms with Gasteiger partial charge < -0.3 is 24.2 Å². The molecule has 9 heteroatoms. The van der Waals surface area contributed by atoms with Gasteiger partial charge in [0.05, 0.1) is 21.3 Å². The summed E-state index contributed by atoms with van der Waals surface area (Å²) in [6.07, 6.45) is 1.01. The number of hydrogen-bond donors (Lipinski definition) is 1. The molecular weight excluding hydrogens is 428 g/mol. The van der Waals surface area contributed by atoms with Crippen molar-refractivity contribution in [2.45, 2.75) is 37.6 Å². The molecule has 2 atom stereocenters. The van der Waals surface area contributed by atoms with Crippen molar-refractivity contribution in [1.29, 1.82) is 0 Å². The van der Waals surface area contributed by atoms with Crippen LogP contribution < -0.4 is 14.2 Å². The quantitative estimate of drug-likeness (QED) is 0.648. The Kier molecular flexibility index (Phi) is 6.44. The first-order valence-corrected chi connectivity index (χ1v) is 10.8. The highest BCUT2D eigenvalue weighted by Crippen LogP contribution is 2.41. The van der Waals surface area contributed by atoms with Crippen LogP contribution in [0.5, 0.6) is 17.2 Å². The predicted molar refractivity (Wildman–Crippen MR) is 118 cm³/mol. The number of ether oxygens (including phenoxy) is 3. The van der Waals surface area contributed by atoms with E-state index < -0.39 is 23.6 Å². The van der Waals surface area contributed by atoms with Crippen LogP contribution in [0.3, 0.4) is 0 Å². The fraction of sp³-hybridized carbons (Fsp3) is 0.417. The van der Waals surface area contributed by atoms with Crippen molar-refractivity contribution in [2.24, 2.45) is 0 Å². The van der Waals surface area contributed by atoms with Crippen molar-refractivity contribution in [1.82, 2.24) is 9.96 Å². The second-order valence-corrected chi connectivity index (χ2v) is 8.08. The molecule has 9 nitrogen and oxygen atoms in total. The zero-order valence-corrected chi connectivity index (χ0v) is 18.9. The Bertz CT molecular complexity index is 1000. The molecule has 2 aromatic carbocycles. The molecular formula is C24H28N2O7. The molecule has 2 heterocycles. The SMILES string of the molecule is COc1cc(C[C@@]2(O)C(=O)N3CCC[C@H]3C(=O)N2OCc2ccccc2)cc(OC)c1OC. The first-order chi connectivity index (χ1) is 15.9. The number of amides is 2. The van der Waals surface area contributed by atoms with Gasteiger partial charge in [0.1, 0.15) is 12.6 Å². The number of hydroxylamine groups is 2. The van der Waals surface area contributed by atoms with Gasteiger partial charge in [-0.1, -0.05) is 30.3 Å². The van der Waals surface area contributed by atoms with Crippen molar-refractivity contribution in [3.8, 4) is 17.2 Å². The van der Waals surface area contributed by atoms with E-state index in [2.05, 4.69) is 0 Å². The summed E-state index contributed by atoms with van der Waals surface area (Å²) < 4.78 is 16.1. The second kappa shape index (κ2) is 9.29. The number of rotatable bonds is 8. The summed E-state index contributed by atoms with van der Waals surface area (Å²) in [5, 5.41) is 12.5. The lowest BCUT2D eigenvalue weighted by atomic mass is 9.96. The largest absolute Gasteiger partial charge is 0.493 e. The average Bonchev–Trinajstić information content (AvgIpc) is 3.33. The Hall–Kier alpha value is -3.30. The smallest absolute Gasteiger partial charge is 0.279 e. The van der Waals surface area contributed by atoms with Crippen LogP contribution >= 0.6 is 0 Å². The highest BCUT2D eigenvalue weighted by Gasteiger charge is 2.58. The van der Waals surface area contributed by atoms with Crippen LogP contribution in [0, 0.1) is 0 Å². The Labute approximate surface area is 192 Å². The van der Waals surface area contributed by atoms with Crippen LogP contribution in [0.1, 0.15) is 24.0 Å². The fourth-order valence-corrected chi connectivity index (χ4v) is 4.45. The average molecular weight is 456 g/mol. The number of carbonyl (C=O) groups is 2. The number of nitrogens with zero attached hydrogens (tertiary/aromatic N) is 2. The van der Waals surface area contributed by atoms with Gasteiger partial charge in [0.15, 0.2) is 11.5 Å². The molecule has 2 aromatic rings. The lowest BCUT2D eigenvalue weighted by Gasteiger charge is -2.46. The molecule has 0 radical (unpaired) electrons. The molecule has 0 aromatic heterocycles. The molecule has 0 aliphatic carbocycles. The van der Waals surface area contributed by atoms with Gasteiger partial charge in [-0.25, -0.2) is 0 Å². The summed E-state index contributed by atoms with van der Waals surface area (Å²) in [6, 6.07) is 11.9. The number of aliphatic hydroxyl groups is 1. The summed E-state index contributed by atoms with van der Waals surface area (Å²) in [7, 11) is 4.45. The first kappa shape index (κ1) is 22.9. The summed E-state index contributed by atoms with van der Waals surface area (Å²) in [6.45, 7) is 0.448. The number of methoxy groups -OCH3 is 3. The predicted octanol–water partition coefficient (Wildman–Crippen LogP) is 1.91. The minimum absolute atomic E-state index is 0.0319. The number of hydrogen-bond acceptors (Lipinski definition) is 7. The molecule has 2 amide bonds. The molecule has 2 fully saturated rings. The van der Waals surface area contributed by atoms with Gasteiger partial charge in [-0.3, -0.25) is 14.4 Å². The van der Waals surface area contributed by atoms with E-state index in [9.17, 15) is 14.7 Å². The van der Waals surface area contributed by atoms with Crippen LogP contribution in [-0.4, -0.2) is 66.5 Å². The molecule has 0 unspecified atom stereocenters. The van der Waals surface area contributed by atoms with Gasteiger partial charge >= 0.3 is 0 Å². The maximum Gasteiger partial charge on any atom is 0.279 e. The topological polar surface area (TPSA) is 97.8 Å². The van der Waals surface area contributed by atoms with Crippen molar-refractivity contribution in [3.63, 3.8) is 0 Å². The lowest BCUT2D eigenvalue weighted by Crippen LogP contribution is -2.70. The van der Waals surface area contributed by atoms with Crippen molar-refractivity contribution in [2.75, 3.05) is 27.9 Å². The van der Waals surface area contributed by atoms with Crippen LogP contribution in [-0.2, 0) is 27.5 Å². The standard InChI is InChI=1S/C24H28N2O7/c1-30-19-12-17(13-20(31-2)21(19)32-3)14-24(29)23(28)25-11-7-10-18(25)22(27)26(24)33-15-16-8-5-4-6-9-16/h4-6,8-9,12-13,18,29H,7,10-11,14-15H2,1-3H3/t18-,24+/m0/s1. The van der Waals surface area contributed by atoms with Gasteiger partial charge in [0.25, 0.3) is 11.8 Å². The van der Waals surface area contributed by atoms with Crippen LogP contribution in [0.25, 0.3) is 0 Å². The van der Waals surface area contributed by atoms with E-state index in [0.717, 1.165) is 10.6 Å². The Morgan fingerprint density at radius 3 is 2.27 bits per heavy atom. The summed E-state index contributed by atoms with van der Waals surface area (Å²) in [5.74, 6) is 0.143. The molecule has 0 saturated carbocycles. The summed E-state index contributed by atoms with van der Waals surface area (Å²) >= 11 is 0. The van der Waals surface area contributed by atoms with Gasteiger partial charge in [0.2, 0.25) is 11.5 Å². The van der Waals surface area contributed by atoms with Crippen LogP contribution in [0.4, 0.5) is 0 Å². The van der Waals surface area contributed by atoms with Gasteiger partial charge in [-0.05, 0) is 36.1 Å². The Morgan fingerprint density at radius 2 is 1.67 bits per heavy atom. The molecule has 176 valence electrons. The summed E-state index contributed by atoms with van der Waals surface area (Å²) in [4.78, 5) is 34.0. The molecule has 2 aliphatic rings. The zero-order valence-electron chi connectivity index (χ0n) is 18.9. The molecule has 1 N–H and O–H groups in total. The third-order valence-corrected chi connectivity index (χ3v) is 6.06. The normalized spacial score (nSPS) is 22.4. The van der Waals surface area contributed by atoms with Crippen LogP contribution in [0.15, 0.2) is 42.5 Å². The monoisotopic (exact) mass is 456 g/mol. The van der Waals surface area contributed by atoms with Gasteiger partial charge in [-0.15, -0.1) is 0 Å². The maximum absolute atomic E-state index is 13.4. The minimum atomic E-state index is -2.22. The lowest BCUT2D eigenvalue weighted by molar-refractivity contribution is -0.289. The highest BCUT2D eigenvalue weighted by atomic mass is 16.7. The third-order valence-electron chi connectivity index (χ3n) is 6.06. The summed E-state index contributed by atoms with van der Waals surface area (Å²) in [5.41, 5.74) is -0.905. The molecule has 4 rings (SSSR count). The zero-order chi connectivity index (χ0) is 23.6. The van der Waals surface area contributed by atoms with E-state index in [1.54, 1.807) is 12.1 Å². The van der Waals surface area contributed by atoms with E-state index in [1.807, 2.05) is 30.3 Å². The first-order valence-electron chi connectivity index (χ1n) is 10.8. The molecule has 0 spiro atoms. The number of benzene rings is 2. The second-order valence-electron chi connectivity index (χ2n) is 8.08. The van der Waals surface area contributed by atoms with Gasteiger partial charge in [-0.2, -0.15) is 5.06 Å². The van der Waals surface area contributed by atoms with Gasteiger partial charge in [0, 0.05) is 13.0 Å². The molecule has 33 heavy (non-hydrogen) atoms. The Morgan fingerprint density at radius 1 is 1.00 bits per heavy atom. The van der Waals surface area contributed by atoms with E-state index in [0.29, 0.717) is 42.2 Å². The van der Waals surface area contributed by atoms with Crippen LogP contribution in [0.2, 0.25) is 0 Å².